The first kappa shape index (κ1) is 9.52. The lowest BCUT2D eigenvalue weighted by atomic mass is 9.91. The first-order chi connectivity index (χ1) is 5.63. The number of nitrogens with zero attached hydrogens (tertiary/aromatic N) is 1. The van der Waals surface area contributed by atoms with E-state index in [1.807, 2.05) is 13.8 Å². The van der Waals surface area contributed by atoms with Gasteiger partial charge >= 0.3 is 0 Å². The van der Waals surface area contributed by atoms with E-state index < -0.39 is 0 Å². The highest BCUT2D eigenvalue weighted by Gasteiger charge is 2.28. The Morgan fingerprint density at radius 2 is 2.17 bits per heavy atom. The molecule has 0 aromatic rings. The number of hydrogen-bond acceptors (Lipinski definition) is 2. The van der Waals surface area contributed by atoms with Crippen molar-refractivity contribution in [1.29, 1.82) is 0 Å². The summed E-state index contributed by atoms with van der Waals surface area (Å²) in [4.78, 5) is 11.5. The maximum Gasteiger partial charge on any atom is 0.249 e. The van der Waals surface area contributed by atoms with Crippen molar-refractivity contribution >= 4 is 5.91 Å². The molecule has 0 spiro atoms. The molecule has 1 rings (SSSR count). The van der Waals surface area contributed by atoms with Crippen LogP contribution in [0.4, 0.5) is 0 Å². The highest BCUT2D eigenvalue weighted by molar-refractivity contribution is 5.78. The summed E-state index contributed by atoms with van der Waals surface area (Å²) in [5.41, 5.74) is 0. The second kappa shape index (κ2) is 3.90. The van der Waals surface area contributed by atoms with Crippen molar-refractivity contribution in [1.82, 2.24) is 5.06 Å². The first-order valence-electron chi connectivity index (χ1n) is 4.63. The Morgan fingerprint density at radius 3 is 2.75 bits per heavy atom. The minimum Gasteiger partial charge on any atom is -0.286 e. The van der Waals surface area contributed by atoms with Crippen molar-refractivity contribution in [2.45, 2.75) is 33.1 Å². The van der Waals surface area contributed by atoms with E-state index in [2.05, 4.69) is 0 Å². The van der Waals surface area contributed by atoms with Gasteiger partial charge in [-0.25, -0.2) is 5.06 Å². The molecule has 1 amide bonds. The zero-order valence-electron chi connectivity index (χ0n) is 7.79. The second-order valence-electron chi connectivity index (χ2n) is 3.81. The van der Waals surface area contributed by atoms with Crippen molar-refractivity contribution in [3.63, 3.8) is 0 Å². The number of carbonyl (C=O) groups is 1. The monoisotopic (exact) mass is 171 g/mol. The molecule has 1 heterocycles. The highest BCUT2D eigenvalue weighted by atomic mass is 16.5. The number of hydroxylamine groups is 2. The summed E-state index contributed by atoms with van der Waals surface area (Å²) in [5, 5.41) is 10.1. The van der Waals surface area contributed by atoms with Crippen LogP contribution in [0.3, 0.4) is 0 Å². The quantitative estimate of drug-likeness (QED) is 0.609. The van der Waals surface area contributed by atoms with E-state index in [1.54, 1.807) is 0 Å². The normalized spacial score (nSPS) is 26.2. The van der Waals surface area contributed by atoms with Crippen LogP contribution in [-0.4, -0.2) is 22.7 Å². The van der Waals surface area contributed by atoms with E-state index in [0.717, 1.165) is 24.3 Å². The van der Waals surface area contributed by atoms with Crippen LogP contribution in [0.2, 0.25) is 0 Å². The zero-order chi connectivity index (χ0) is 9.14. The largest absolute Gasteiger partial charge is 0.286 e. The van der Waals surface area contributed by atoms with Crippen LogP contribution in [0, 0.1) is 11.8 Å². The van der Waals surface area contributed by atoms with Crippen molar-refractivity contribution in [2.75, 3.05) is 6.54 Å². The first-order valence-corrected chi connectivity index (χ1v) is 4.63. The lowest BCUT2D eigenvalue weighted by Crippen LogP contribution is -2.34. The molecule has 0 bridgehead atoms. The van der Waals surface area contributed by atoms with Gasteiger partial charge in [0.25, 0.3) is 0 Å². The van der Waals surface area contributed by atoms with Crippen LogP contribution in [0.25, 0.3) is 0 Å². The molecule has 12 heavy (non-hydrogen) atoms. The summed E-state index contributed by atoms with van der Waals surface area (Å²) in [5.74, 6) is 0.269. The number of hydrogen-bond donors (Lipinski definition) is 1. The Morgan fingerprint density at radius 1 is 1.50 bits per heavy atom. The van der Waals surface area contributed by atoms with Gasteiger partial charge in [0.15, 0.2) is 0 Å². The molecule has 3 nitrogen and oxygen atoms in total. The van der Waals surface area contributed by atoms with E-state index in [0.29, 0.717) is 12.5 Å². The van der Waals surface area contributed by atoms with Crippen LogP contribution in [0.5, 0.6) is 0 Å². The molecule has 70 valence electrons. The van der Waals surface area contributed by atoms with Gasteiger partial charge in [-0.3, -0.25) is 10.0 Å². The molecule has 3 heteroatoms. The highest BCUT2D eigenvalue weighted by Crippen LogP contribution is 2.23. The standard InChI is InChI=1S/C9H17NO2/c1-7(2)8-5-3-4-6-10(12)9(8)11/h7-8,12H,3-6H2,1-2H3. The molecule has 1 atom stereocenters. The summed E-state index contributed by atoms with van der Waals surface area (Å²) < 4.78 is 0. The number of amides is 1. The Bertz CT molecular complexity index is 168. The summed E-state index contributed by atoms with van der Waals surface area (Å²) >= 11 is 0. The van der Waals surface area contributed by atoms with Crippen LogP contribution >= 0.6 is 0 Å². The fourth-order valence-corrected chi connectivity index (χ4v) is 1.67. The maximum atomic E-state index is 11.5. The van der Waals surface area contributed by atoms with E-state index in [1.165, 1.54) is 0 Å². The molecule has 1 saturated heterocycles. The van der Waals surface area contributed by atoms with Crippen LogP contribution < -0.4 is 0 Å². The summed E-state index contributed by atoms with van der Waals surface area (Å²) in [6.45, 7) is 4.56. The van der Waals surface area contributed by atoms with Crippen LogP contribution in [0.15, 0.2) is 0 Å². The predicted octanol–water partition coefficient (Wildman–Crippen LogP) is 1.66. The minimum atomic E-state index is -0.0949. The fraction of sp³-hybridized carbons (Fsp3) is 0.889. The van der Waals surface area contributed by atoms with Crippen LogP contribution in [-0.2, 0) is 4.79 Å². The third-order valence-corrected chi connectivity index (χ3v) is 2.51. The molecule has 1 fully saturated rings. The molecule has 1 N–H and O–H groups in total. The molecule has 0 aromatic carbocycles. The third-order valence-electron chi connectivity index (χ3n) is 2.51. The van der Waals surface area contributed by atoms with E-state index >= 15 is 0 Å². The molecular weight excluding hydrogens is 154 g/mol. The summed E-state index contributed by atoms with van der Waals surface area (Å²) in [6.07, 6.45) is 2.89. The SMILES string of the molecule is CC(C)C1CCCCN(O)C1=O. The Hall–Kier alpha value is -0.570. The third kappa shape index (κ3) is 1.97. The van der Waals surface area contributed by atoms with Crippen molar-refractivity contribution in [3.8, 4) is 0 Å². The van der Waals surface area contributed by atoms with Gasteiger partial charge < -0.3 is 0 Å². The topological polar surface area (TPSA) is 40.5 Å². The Labute approximate surface area is 73.3 Å². The zero-order valence-corrected chi connectivity index (χ0v) is 7.79. The molecule has 0 radical (unpaired) electrons. The fourth-order valence-electron chi connectivity index (χ4n) is 1.67. The van der Waals surface area contributed by atoms with Gasteiger partial charge in [0, 0.05) is 12.5 Å². The minimum absolute atomic E-state index is 0.0255. The van der Waals surface area contributed by atoms with Crippen molar-refractivity contribution in [3.05, 3.63) is 0 Å². The lowest BCUT2D eigenvalue weighted by molar-refractivity contribution is -0.170. The Balaban J connectivity index is 2.64. The van der Waals surface area contributed by atoms with E-state index in [-0.39, 0.29) is 11.8 Å². The average Bonchev–Trinajstić information content (AvgIpc) is 2.15. The van der Waals surface area contributed by atoms with E-state index in [4.69, 9.17) is 0 Å². The number of carbonyl (C=O) groups excluding carboxylic acids is 1. The van der Waals surface area contributed by atoms with Gasteiger partial charge in [-0.05, 0) is 18.8 Å². The van der Waals surface area contributed by atoms with Gasteiger partial charge in [0.1, 0.15) is 0 Å². The van der Waals surface area contributed by atoms with Crippen LogP contribution in [0.1, 0.15) is 33.1 Å². The molecule has 1 aliphatic rings. The van der Waals surface area contributed by atoms with Gasteiger partial charge in [0.2, 0.25) is 5.91 Å². The van der Waals surface area contributed by atoms with Gasteiger partial charge in [0.05, 0.1) is 0 Å². The average molecular weight is 171 g/mol. The summed E-state index contributed by atoms with van der Waals surface area (Å²) in [7, 11) is 0. The number of rotatable bonds is 1. The molecule has 0 aromatic heterocycles. The van der Waals surface area contributed by atoms with Gasteiger partial charge in [-0.15, -0.1) is 0 Å². The summed E-state index contributed by atoms with van der Waals surface area (Å²) in [6, 6.07) is 0. The lowest BCUT2D eigenvalue weighted by Gasteiger charge is -2.20. The maximum absolute atomic E-state index is 11.5. The molecular formula is C9H17NO2. The molecule has 0 saturated carbocycles. The predicted molar refractivity (Wildman–Crippen MR) is 45.7 cm³/mol. The molecule has 0 aliphatic carbocycles. The second-order valence-corrected chi connectivity index (χ2v) is 3.81. The molecule has 1 aliphatic heterocycles. The van der Waals surface area contributed by atoms with Gasteiger partial charge in [-0.2, -0.15) is 0 Å². The smallest absolute Gasteiger partial charge is 0.249 e. The van der Waals surface area contributed by atoms with Crippen molar-refractivity contribution < 1.29 is 10.0 Å². The Kier molecular flexibility index (Phi) is 3.09. The van der Waals surface area contributed by atoms with E-state index in [9.17, 15) is 10.0 Å². The van der Waals surface area contributed by atoms with Crippen molar-refractivity contribution in [2.24, 2.45) is 11.8 Å². The molecule has 1 unspecified atom stereocenters. The van der Waals surface area contributed by atoms with Gasteiger partial charge in [-0.1, -0.05) is 20.3 Å².